The highest BCUT2D eigenvalue weighted by Crippen LogP contribution is 2.07. The molecule has 1 amide bonds. The summed E-state index contributed by atoms with van der Waals surface area (Å²) < 4.78 is 4.57. The summed E-state index contributed by atoms with van der Waals surface area (Å²) >= 11 is 0. The zero-order valence-corrected chi connectivity index (χ0v) is 11.6. The summed E-state index contributed by atoms with van der Waals surface area (Å²) in [5.74, 6) is -0.0639. The van der Waals surface area contributed by atoms with Crippen LogP contribution in [0.3, 0.4) is 0 Å². The van der Waals surface area contributed by atoms with Gasteiger partial charge < -0.3 is 15.0 Å². The van der Waals surface area contributed by atoms with Crippen molar-refractivity contribution >= 4 is 17.7 Å². The number of nitrogens with one attached hydrogen (secondary N) is 1. The summed E-state index contributed by atoms with van der Waals surface area (Å²) in [6.07, 6.45) is 0.351. The first-order valence-corrected chi connectivity index (χ1v) is 5.82. The molecule has 0 aliphatic heterocycles. The third-order valence-electron chi connectivity index (χ3n) is 2.37. The van der Waals surface area contributed by atoms with Gasteiger partial charge in [-0.05, 0) is 6.92 Å². The zero-order chi connectivity index (χ0) is 14.4. The van der Waals surface area contributed by atoms with Gasteiger partial charge in [0.1, 0.15) is 5.82 Å². The van der Waals surface area contributed by atoms with Gasteiger partial charge in [-0.15, -0.1) is 0 Å². The smallest absolute Gasteiger partial charge is 0.376 e. The minimum atomic E-state index is -0.587. The molecule has 7 heteroatoms. The standard InChI is InChI=1S/C12H18N4O3/c1-8-7-9(13-6-5-10(17)16(2)3)15-11(14-8)12(18)19-4/h7H,5-6H2,1-4H3,(H,13,14,15). The number of amides is 1. The van der Waals surface area contributed by atoms with Gasteiger partial charge in [0.05, 0.1) is 7.11 Å². The van der Waals surface area contributed by atoms with E-state index in [4.69, 9.17) is 0 Å². The highest BCUT2D eigenvalue weighted by atomic mass is 16.5. The SMILES string of the molecule is COC(=O)c1nc(C)cc(NCCC(=O)N(C)C)n1. The van der Waals surface area contributed by atoms with E-state index in [1.165, 1.54) is 12.0 Å². The Morgan fingerprint density at radius 1 is 1.37 bits per heavy atom. The summed E-state index contributed by atoms with van der Waals surface area (Å²) in [5.41, 5.74) is 0.650. The second-order valence-electron chi connectivity index (χ2n) is 4.17. The van der Waals surface area contributed by atoms with Crippen molar-refractivity contribution in [3.8, 4) is 0 Å². The van der Waals surface area contributed by atoms with Crippen LogP contribution in [-0.4, -0.2) is 54.5 Å². The van der Waals surface area contributed by atoms with Crippen LogP contribution in [0.1, 0.15) is 22.7 Å². The Morgan fingerprint density at radius 2 is 2.05 bits per heavy atom. The van der Waals surface area contributed by atoms with Crippen molar-refractivity contribution in [3.05, 3.63) is 17.6 Å². The van der Waals surface area contributed by atoms with Crippen LogP contribution in [0.2, 0.25) is 0 Å². The Bertz CT molecular complexity index is 474. The number of hydrogen-bond donors (Lipinski definition) is 1. The first kappa shape index (κ1) is 14.9. The molecular weight excluding hydrogens is 248 g/mol. The monoisotopic (exact) mass is 266 g/mol. The van der Waals surface area contributed by atoms with Gasteiger partial charge in [-0.25, -0.2) is 14.8 Å². The van der Waals surface area contributed by atoms with Gasteiger partial charge in [0, 0.05) is 38.8 Å². The number of ether oxygens (including phenoxy) is 1. The number of hydrogen-bond acceptors (Lipinski definition) is 6. The average Bonchev–Trinajstić information content (AvgIpc) is 2.36. The minimum Gasteiger partial charge on any atom is -0.463 e. The molecule has 0 aliphatic carbocycles. The quantitative estimate of drug-likeness (QED) is 0.779. The molecule has 0 spiro atoms. The van der Waals surface area contributed by atoms with E-state index in [1.807, 2.05) is 0 Å². The number of carbonyl (C=O) groups excluding carboxylic acids is 2. The number of aryl methyl sites for hydroxylation is 1. The third kappa shape index (κ3) is 4.53. The maximum absolute atomic E-state index is 11.4. The van der Waals surface area contributed by atoms with Crippen LogP contribution in [0.25, 0.3) is 0 Å². The van der Waals surface area contributed by atoms with Crippen LogP contribution in [0.4, 0.5) is 5.82 Å². The summed E-state index contributed by atoms with van der Waals surface area (Å²) in [5, 5.41) is 2.98. The number of esters is 1. The van der Waals surface area contributed by atoms with Crippen LogP contribution in [-0.2, 0) is 9.53 Å². The molecule has 0 unspecified atom stereocenters. The summed E-state index contributed by atoms with van der Waals surface area (Å²) in [4.78, 5) is 32.3. The van der Waals surface area contributed by atoms with Crippen molar-refractivity contribution in [2.75, 3.05) is 33.1 Å². The molecule has 0 bridgehead atoms. The van der Waals surface area contributed by atoms with Gasteiger partial charge >= 0.3 is 5.97 Å². The van der Waals surface area contributed by atoms with Crippen molar-refractivity contribution in [1.82, 2.24) is 14.9 Å². The van der Waals surface area contributed by atoms with Crippen molar-refractivity contribution in [3.63, 3.8) is 0 Å². The van der Waals surface area contributed by atoms with Gasteiger partial charge in [-0.3, -0.25) is 4.79 Å². The fourth-order valence-corrected chi connectivity index (χ4v) is 1.36. The summed E-state index contributed by atoms with van der Waals surface area (Å²) in [6, 6.07) is 1.70. The number of carbonyl (C=O) groups is 2. The Morgan fingerprint density at radius 3 is 2.63 bits per heavy atom. The van der Waals surface area contributed by atoms with E-state index in [9.17, 15) is 9.59 Å². The lowest BCUT2D eigenvalue weighted by Crippen LogP contribution is -2.24. The molecule has 1 aromatic heterocycles. The van der Waals surface area contributed by atoms with Crippen molar-refractivity contribution in [1.29, 1.82) is 0 Å². The van der Waals surface area contributed by atoms with Gasteiger partial charge in [-0.1, -0.05) is 0 Å². The lowest BCUT2D eigenvalue weighted by atomic mass is 10.3. The Balaban J connectivity index is 2.66. The summed E-state index contributed by atoms with van der Waals surface area (Å²) in [7, 11) is 4.68. The molecular formula is C12H18N4O3. The van der Waals surface area contributed by atoms with E-state index >= 15 is 0 Å². The number of nitrogens with zero attached hydrogens (tertiary/aromatic N) is 3. The predicted octanol–water partition coefficient (Wildman–Crippen LogP) is 0.462. The normalized spacial score (nSPS) is 9.89. The third-order valence-corrected chi connectivity index (χ3v) is 2.37. The maximum atomic E-state index is 11.4. The largest absolute Gasteiger partial charge is 0.463 e. The maximum Gasteiger partial charge on any atom is 0.376 e. The van der Waals surface area contributed by atoms with Crippen LogP contribution in [0, 0.1) is 6.92 Å². The van der Waals surface area contributed by atoms with Gasteiger partial charge in [0.15, 0.2) is 0 Å². The van der Waals surface area contributed by atoms with Crippen LogP contribution in [0.5, 0.6) is 0 Å². The molecule has 1 rings (SSSR count). The van der Waals surface area contributed by atoms with E-state index in [0.717, 1.165) is 0 Å². The second kappa shape index (κ2) is 6.67. The fraction of sp³-hybridized carbons (Fsp3) is 0.500. The molecule has 0 aliphatic rings. The molecule has 19 heavy (non-hydrogen) atoms. The lowest BCUT2D eigenvalue weighted by molar-refractivity contribution is -0.128. The summed E-state index contributed by atoms with van der Waals surface area (Å²) in [6.45, 7) is 2.19. The molecule has 7 nitrogen and oxygen atoms in total. The Hall–Kier alpha value is -2.18. The molecule has 1 aromatic rings. The molecule has 0 aromatic carbocycles. The van der Waals surface area contributed by atoms with Gasteiger partial charge in [0.25, 0.3) is 0 Å². The highest BCUT2D eigenvalue weighted by molar-refractivity contribution is 5.85. The predicted molar refractivity (Wildman–Crippen MR) is 69.9 cm³/mol. The molecule has 104 valence electrons. The van der Waals surface area contributed by atoms with Crippen molar-refractivity contribution in [2.45, 2.75) is 13.3 Å². The topological polar surface area (TPSA) is 84.4 Å². The van der Waals surface area contributed by atoms with Crippen molar-refractivity contribution in [2.24, 2.45) is 0 Å². The van der Waals surface area contributed by atoms with E-state index < -0.39 is 5.97 Å². The van der Waals surface area contributed by atoms with E-state index in [1.54, 1.807) is 27.1 Å². The Labute approximate surface area is 112 Å². The zero-order valence-electron chi connectivity index (χ0n) is 11.6. The minimum absolute atomic E-state index is 0.00364. The van der Waals surface area contributed by atoms with E-state index in [0.29, 0.717) is 24.5 Å². The van der Waals surface area contributed by atoms with Crippen molar-refractivity contribution < 1.29 is 14.3 Å². The van der Waals surface area contributed by atoms with Crippen LogP contribution in [0.15, 0.2) is 6.07 Å². The average molecular weight is 266 g/mol. The molecule has 0 radical (unpaired) electrons. The molecule has 0 saturated heterocycles. The second-order valence-corrected chi connectivity index (χ2v) is 4.17. The van der Waals surface area contributed by atoms with Gasteiger partial charge in [-0.2, -0.15) is 0 Å². The number of aromatic nitrogens is 2. The first-order valence-electron chi connectivity index (χ1n) is 5.82. The number of anilines is 1. The van der Waals surface area contributed by atoms with E-state index in [2.05, 4.69) is 20.0 Å². The molecule has 1 heterocycles. The number of rotatable bonds is 5. The van der Waals surface area contributed by atoms with E-state index in [-0.39, 0.29) is 11.7 Å². The lowest BCUT2D eigenvalue weighted by Gasteiger charge is -2.11. The molecule has 0 saturated carbocycles. The molecule has 0 fully saturated rings. The molecule has 1 N–H and O–H groups in total. The fourth-order valence-electron chi connectivity index (χ4n) is 1.36. The van der Waals surface area contributed by atoms with Gasteiger partial charge in [0.2, 0.25) is 11.7 Å². The van der Waals surface area contributed by atoms with Crippen LogP contribution < -0.4 is 5.32 Å². The molecule has 0 atom stereocenters. The number of methoxy groups -OCH3 is 1. The highest BCUT2D eigenvalue weighted by Gasteiger charge is 2.11. The first-order chi connectivity index (χ1) is 8.93. The Kier molecular flexibility index (Phi) is 5.23. The van der Waals surface area contributed by atoms with Crippen LogP contribution >= 0.6 is 0 Å².